The molecule has 0 aromatic heterocycles. The van der Waals surface area contributed by atoms with Crippen LogP contribution in [-0.4, -0.2) is 32.8 Å². The molecule has 27 heavy (non-hydrogen) atoms. The highest BCUT2D eigenvalue weighted by Crippen LogP contribution is 2.28. The van der Waals surface area contributed by atoms with Crippen LogP contribution in [0.3, 0.4) is 0 Å². The van der Waals surface area contributed by atoms with Gasteiger partial charge in [-0.05, 0) is 48.4 Å². The number of hydrogen-bond acceptors (Lipinski definition) is 5. The summed E-state index contributed by atoms with van der Waals surface area (Å²) < 4.78 is 16.3. The van der Waals surface area contributed by atoms with Gasteiger partial charge < -0.3 is 25.3 Å². The van der Waals surface area contributed by atoms with Gasteiger partial charge in [-0.2, -0.15) is 0 Å². The Balaban J connectivity index is 0.00000364. The van der Waals surface area contributed by atoms with Crippen molar-refractivity contribution in [3.8, 4) is 17.2 Å². The average molecular weight is 393 g/mol. The van der Waals surface area contributed by atoms with Crippen LogP contribution < -0.4 is 25.3 Å². The Hall–Kier alpha value is -2.70. The Morgan fingerprint density at radius 2 is 1.89 bits per heavy atom. The number of nitrogens with one attached hydrogen (secondary N) is 1. The second kappa shape index (κ2) is 11.8. The van der Waals surface area contributed by atoms with Crippen molar-refractivity contribution in [3.05, 3.63) is 60.7 Å². The summed E-state index contributed by atoms with van der Waals surface area (Å²) in [6.07, 6.45) is 2.55. The van der Waals surface area contributed by atoms with Gasteiger partial charge in [0.1, 0.15) is 12.4 Å². The fourth-order valence-electron chi connectivity index (χ4n) is 2.28. The molecule has 1 amide bonds. The summed E-state index contributed by atoms with van der Waals surface area (Å²) in [6.45, 7) is 4.50. The molecule has 6 nitrogen and oxygen atoms in total. The van der Waals surface area contributed by atoms with Crippen LogP contribution >= 0.6 is 12.4 Å². The van der Waals surface area contributed by atoms with E-state index in [4.69, 9.17) is 19.9 Å². The molecule has 7 heteroatoms. The molecular formula is C20H25ClN2O4. The maximum atomic E-state index is 12.1. The van der Waals surface area contributed by atoms with Gasteiger partial charge in [-0.1, -0.05) is 12.1 Å². The minimum atomic E-state index is -0.266. The largest absolute Gasteiger partial charge is 0.493 e. The lowest BCUT2D eigenvalue weighted by atomic mass is 10.1. The minimum absolute atomic E-state index is 0. The van der Waals surface area contributed by atoms with Crippen molar-refractivity contribution in [1.82, 2.24) is 0 Å². The lowest BCUT2D eigenvalue weighted by Crippen LogP contribution is -2.20. The number of allylic oxidation sites excluding steroid dienone is 1. The van der Waals surface area contributed by atoms with E-state index in [0.717, 1.165) is 12.0 Å². The van der Waals surface area contributed by atoms with Crippen molar-refractivity contribution in [2.45, 2.75) is 6.42 Å². The number of hydrogen-bond donors (Lipinski definition) is 2. The van der Waals surface area contributed by atoms with E-state index in [9.17, 15) is 4.79 Å². The number of anilines is 1. The van der Waals surface area contributed by atoms with Crippen molar-refractivity contribution in [2.24, 2.45) is 5.73 Å². The predicted molar refractivity (Wildman–Crippen MR) is 109 cm³/mol. The maximum absolute atomic E-state index is 12.1. The zero-order valence-electron chi connectivity index (χ0n) is 15.3. The van der Waals surface area contributed by atoms with Crippen LogP contribution in [-0.2, 0) is 11.2 Å². The first-order valence-corrected chi connectivity index (χ1v) is 8.29. The second-order valence-corrected chi connectivity index (χ2v) is 5.48. The number of amides is 1. The van der Waals surface area contributed by atoms with E-state index in [-0.39, 0.29) is 24.9 Å². The molecule has 146 valence electrons. The van der Waals surface area contributed by atoms with Crippen molar-refractivity contribution >= 4 is 24.0 Å². The van der Waals surface area contributed by atoms with E-state index in [1.165, 1.54) is 0 Å². The van der Waals surface area contributed by atoms with Gasteiger partial charge in [0.2, 0.25) is 0 Å². The smallest absolute Gasteiger partial charge is 0.262 e. The minimum Gasteiger partial charge on any atom is -0.493 e. The number of methoxy groups -OCH3 is 1. The first kappa shape index (κ1) is 22.3. The summed E-state index contributed by atoms with van der Waals surface area (Å²) in [7, 11) is 1.56. The standard InChI is InChI=1S/C20H24N2O4.ClH/c1-3-4-15-5-10-18(19(13-15)24-2)26-14-20(23)22-16-6-8-17(9-7-16)25-12-11-21;/h3,5-10,13H,1,4,11-12,14,21H2,2H3,(H,22,23);1H. The molecule has 2 aromatic rings. The van der Waals surface area contributed by atoms with Gasteiger partial charge in [-0.25, -0.2) is 0 Å². The summed E-state index contributed by atoms with van der Waals surface area (Å²) in [5, 5.41) is 2.77. The quantitative estimate of drug-likeness (QED) is 0.607. The number of carbonyl (C=O) groups is 1. The highest BCUT2D eigenvalue weighted by Gasteiger charge is 2.09. The van der Waals surface area contributed by atoms with Crippen molar-refractivity contribution in [1.29, 1.82) is 0 Å². The van der Waals surface area contributed by atoms with Gasteiger partial charge in [-0.15, -0.1) is 19.0 Å². The van der Waals surface area contributed by atoms with Gasteiger partial charge >= 0.3 is 0 Å². The number of nitrogens with two attached hydrogens (primary N) is 1. The van der Waals surface area contributed by atoms with Crippen LogP contribution in [0.5, 0.6) is 17.2 Å². The molecule has 0 unspecified atom stereocenters. The number of rotatable bonds is 10. The normalized spacial score (nSPS) is 9.70. The third-order valence-corrected chi connectivity index (χ3v) is 3.49. The summed E-state index contributed by atoms with van der Waals surface area (Å²) in [6, 6.07) is 12.6. The first-order valence-electron chi connectivity index (χ1n) is 8.29. The van der Waals surface area contributed by atoms with Crippen LogP contribution in [0.15, 0.2) is 55.1 Å². The number of carbonyl (C=O) groups excluding carboxylic acids is 1. The molecular weight excluding hydrogens is 368 g/mol. The molecule has 0 saturated carbocycles. The molecule has 3 N–H and O–H groups in total. The van der Waals surface area contributed by atoms with Crippen LogP contribution in [0.2, 0.25) is 0 Å². The van der Waals surface area contributed by atoms with E-state index < -0.39 is 0 Å². The topological polar surface area (TPSA) is 82.8 Å². The van der Waals surface area contributed by atoms with E-state index in [1.807, 2.05) is 18.2 Å². The molecule has 2 aromatic carbocycles. The monoisotopic (exact) mass is 392 g/mol. The SMILES string of the molecule is C=CCc1ccc(OCC(=O)Nc2ccc(OCCN)cc2)c(OC)c1.Cl. The highest BCUT2D eigenvalue weighted by molar-refractivity contribution is 5.91. The maximum Gasteiger partial charge on any atom is 0.262 e. The van der Waals surface area contributed by atoms with Gasteiger partial charge in [0.05, 0.1) is 7.11 Å². The summed E-state index contributed by atoms with van der Waals surface area (Å²) in [5.74, 6) is 1.53. The molecule has 0 aliphatic carbocycles. The van der Waals surface area contributed by atoms with Gasteiger partial charge in [-0.3, -0.25) is 4.79 Å². The number of ether oxygens (including phenoxy) is 3. The average Bonchev–Trinajstić information content (AvgIpc) is 2.66. The molecule has 0 aliphatic rings. The first-order chi connectivity index (χ1) is 12.7. The molecule has 0 fully saturated rings. The predicted octanol–water partition coefficient (Wildman–Crippen LogP) is 3.20. The molecule has 0 aliphatic heterocycles. The Kier molecular flexibility index (Phi) is 9.79. The number of halogens is 1. The Labute approximate surface area is 165 Å². The van der Waals surface area contributed by atoms with Crippen LogP contribution in [0.1, 0.15) is 5.56 Å². The Bertz CT molecular complexity index is 735. The fraction of sp³-hybridized carbons (Fsp3) is 0.250. The van der Waals surface area contributed by atoms with E-state index >= 15 is 0 Å². The molecule has 0 saturated heterocycles. The van der Waals surface area contributed by atoms with E-state index in [1.54, 1.807) is 37.4 Å². The molecule has 0 atom stereocenters. The van der Waals surface area contributed by atoms with Crippen LogP contribution in [0, 0.1) is 0 Å². The van der Waals surface area contributed by atoms with E-state index in [2.05, 4.69) is 11.9 Å². The molecule has 0 radical (unpaired) electrons. The summed E-state index contributed by atoms with van der Waals surface area (Å²) in [5.41, 5.74) is 7.11. The second-order valence-electron chi connectivity index (χ2n) is 5.48. The van der Waals surface area contributed by atoms with Crippen molar-refractivity contribution in [2.75, 3.05) is 32.2 Å². The van der Waals surface area contributed by atoms with E-state index in [0.29, 0.717) is 36.1 Å². The van der Waals surface area contributed by atoms with Crippen molar-refractivity contribution in [3.63, 3.8) is 0 Å². The zero-order valence-corrected chi connectivity index (χ0v) is 16.1. The van der Waals surface area contributed by atoms with Crippen molar-refractivity contribution < 1.29 is 19.0 Å². The summed E-state index contributed by atoms with van der Waals surface area (Å²) >= 11 is 0. The highest BCUT2D eigenvalue weighted by atomic mass is 35.5. The Morgan fingerprint density at radius 1 is 1.15 bits per heavy atom. The van der Waals surface area contributed by atoms with Gasteiger partial charge in [0.15, 0.2) is 18.1 Å². The van der Waals surface area contributed by atoms with Gasteiger partial charge in [0, 0.05) is 12.2 Å². The molecule has 0 heterocycles. The molecule has 2 rings (SSSR count). The molecule has 0 bridgehead atoms. The third kappa shape index (κ3) is 7.21. The van der Waals surface area contributed by atoms with Gasteiger partial charge in [0.25, 0.3) is 5.91 Å². The lowest BCUT2D eigenvalue weighted by Gasteiger charge is -2.12. The summed E-state index contributed by atoms with van der Waals surface area (Å²) in [4.78, 5) is 12.1. The van der Waals surface area contributed by atoms with Crippen LogP contribution in [0.4, 0.5) is 5.69 Å². The fourth-order valence-corrected chi connectivity index (χ4v) is 2.28. The third-order valence-electron chi connectivity index (χ3n) is 3.49. The lowest BCUT2D eigenvalue weighted by molar-refractivity contribution is -0.118. The zero-order chi connectivity index (χ0) is 18.8. The molecule has 0 spiro atoms. The number of benzene rings is 2. The Morgan fingerprint density at radius 3 is 2.52 bits per heavy atom. The van der Waals surface area contributed by atoms with Crippen LogP contribution in [0.25, 0.3) is 0 Å².